The lowest BCUT2D eigenvalue weighted by Crippen LogP contribution is -2.13. The Hall–Kier alpha value is -2.99. The predicted molar refractivity (Wildman–Crippen MR) is 107 cm³/mol. The molecule has 1 heterocycles. The third-order valence-corrected chi connectivity index (χ3v) is 4.84. The molecule has 138 valence electrons. The molecular weight excluding hydrogens is 360 g/mol. The number of nitrogens with zero attached hydrogens (tertiary/aromatic N) is 1. The molecule has 0 bridgehead atoms. The van der Waals surface area contributed by atoms with Gasteiger partial charge in [-0.1, -0.05) is 24.3 Å². The number of carbonyl (C=O) groups is 2. The van der Waals surface area contributed by atoms with Crippen LogP contribution in [-0.4, -0.2) is 23.8 Å². The number of methoxy groups -OCH3 is 1. The number of ketones is 1. The molecule has 0 unspecified atom stereocenters. The van der Waals surface area contributed by atoms with Crippen molar-refractivity contribution in [2.45, 2.75) is 19.8 Å². The highest BCUT2D eigenvalue weighted by molar-refractivity contribution is 7.09. The van der Waals surface area contributed by atoms with Crippen molar-refractivity contribution in [1.82, 2.24) is 4.98 Å². The number of aryl methyl sites for hydroxylation is 1. The SMILES string of the molecule is COc1ccccc1C(=O)CCC(=O)Nc1ccc(-c2csc(C)n2)cc1. The molecule has 0 saturated carbocycles. The molecule has 0 aliphatic rings. The van der Waals surface area contributed by atoms with Crippen molar-refractivity contribution in [3.63, 3.8) is 0 Å². The first-order chi connectivity index (χ1) is 13.1. The molecule has 1 amide bonds. The van der Waals surface area contributed by atoms with Gasteiger partial charge in [-0.05, 0) is 31.2 Å². The fourth-order valence-electron chi connectivity index (χ4n) is 2.68. The molecule has 3 aromatic rings. The fraction of sp³-hybridized carbons (Fsp3) is 0.190. The first kappa shape index (κ1) is 18.8. The number of hydrogen-bond donors (Lipinski definition) is 1. The quantitative estimate of drug-likeness (QED) is 0.602. The number of hydrogen-bond acceptors (Lipinski definition) is 5. The Bertz CT molecular complexity index is 948. The number of Topliss-reactive ketones (excluding diaryl/α,β-unsaturated/α-hetero) is 1. The molecule has 0 saturated heterocycles. The zero-order valence-electron chi connectivity index (χ0n) is 15.2. The molecule has 0 aliphatic heterocycles. The molecule has 0 fully saturated rings. The van der Waals surface area contributed by atoms with Crippen molar-refractivity contribution in [3.8, 4) is 17.0 Å². The Morgan fingerprint density at radius 1 is 1.07 bits per heavy atom. The van der Waals surface area contributed by atoms with Crippen molar-refractivity contribution in [1.29, 1.82) is 0 Å². The van der Waals surface area contributed by atoms with Crippen molar-refractivity contribution in [3.05, 3.63) is 64.5 Å². The van der Waals surface area contributed by atoms with Crippen LogP contribution < -0.4 is 10.1 Å². The number of nitrogens with one attached hydrogen (secondary N) is 1. The molecule has 0 aliphatic carbocycles. The maximum absolute atomic E-state index is 12.3. The largest absolute Gasteiger partial charge is 0.496 e. The van der Waals surface area contributed by atoms with Crippen molar-refractivity contribution in [2.24, 2.45) is 0 Å². The Morgan fingerprint density at radius 3 is 2.48 bits per heavy atom. The molecule has 3 rings (SSSR count). The summed E-state index contributed by atoms with van der Waals surface area (Å²) in [6.07, 6.45) is 0.242. The summed E-state index contributed by atoms with van der Waals surface area (Å²) in [6.45, 7) is 1.97. The third-order valence-electron chi connectivity index (χ3n) is 4.07. The number of rotatable bonds is 7. The van der Waals surface area contributed by atoms with E-state index in [1.807, 2.05) is 36.6 Å². The normalized spacial score (nSPS) is 10.4. The second kappa shape index (κ2) is 8.60. The molecule has 0 radical (unpaired) electrons. The monoisotopic (exact) mass is 380 g/mol. The number of ether oxygens (including phenoxy) is 1. The molecule has 1 N–H and O–H groups in total. The summed E-state index contributed by atoms with van der Waals surface area (Å²) >= 11 is 1.60. The topological polar surface area (TPSA) is 68.3 Å². The van der Waals surface area contributed by atoms with Gasteiger partial charge in [-0.25, -0.2) is 4.98 Å². The minimum atomic E-state index is -0.199. The van der Waals surface area contributed by atoms with E-state index in [1.165, 1.54) is 7.11 Å². The summed E-state index contributed by atoms with van der Waals surface area (Å²) in [5, 5.41) is 5.84. The fourth-order valence-corrected chi connectivity index (χ4v) is 3.30. The van der Waals surface area contributed by atoms with Crippen molar-refractivity contribution >= 4 is 28.7 Å². The van der Waals surface area contributed by atoms with E-state index < -0.39 is 0 Å². The number of amides is 1. The minimum absolute atomic E-state index is 0.114. The maximum atomic E-state index is 12.3. The Kier molecular flexibility index (Phi) is 5.98. The van der Waals surface area contributed by atoms with E-state index in [4.69, 9.17) is 4.74 Å². The van der Waals surface area contributed by atoms with Gasteiger partial charge in [0.25, 0.3) is 0 Å². The van der Waals surface area contributed by atoms with Crippen molar-refractivity contribution in [2.75, 3.05) is 12.4 Å². The lowest BCUT2D eigenvalue weighted by molar-refractivity contribution is -0.116. The molecular formula is C21H20N2O3S. The van der Waals surface area contributed by atoms with Crippen LogP contribution in [0, 0.1) is 6.92 Å². The van der Waals surface area contributed by atoms with Crippen LogP contribution in [-0.2, 0) is 4.79 Å². The first-order valence-electron chi connectivity index (χ1n) is 8.55. The van der Waals surface area contributed by atoms with E-state index in [2.05, 4.69) is 10.3 Å². The molecule has 1 aromatic heterocycles. The van der Waals surface area contributed by atoms with E-state index in [1.54, 1.807) is 35.6 Å². The van der Waals surface area contributed by atoms with Crippen LogP contribution in [0.25, 0.3) is 11.3 Å². The Labute approximate surface area is 162 Å². The van der Waals surface area contributed by atoms with Gasteiger partial charge in [-0.15, -0.1) is 11.3 Å². The molecule has 0 atom stereocenters. The third kappa shape index (κ3) is 4.80. The summed E-state index contributed by atoms with van der Waals surface area (Å²) in [7, 11) is 1.52. The highest BCUT2D eigenvalue weighted by Gasteiger charge is 2.13. The van der Waals surface area contributed by atoms with E-state index in [9.17, 15) is 9.59 Å². The van der Waals surface area contributed by atoms with Gasteiger partial charge in [-0.3, -0.25) is 9.59 Å². The molecule has 27 heavy (non-hydrogen) atoms. The number of anilines is 1. The highest BCUT2D eigenvalue weighted by Crippen LogP contribution is 2.23. The Morgan fingerprint density at radius 2 is 1.81 bits per heavy atom. The zero-order valence-corrected chi connectivity index (χ0v) is 16.0. The van der Waals surface area contributed by atoms with Gasteiger partial charge in [0.1, 0.15) is 5.75 Å². The van der Waals surface area contributed by atoms with Crippen LogP contribution in [0.2, 0.25) is 0 Å². The molecule has 5 nitrogen and oxygen atoms in total. The summed E-state index contributed by atoms with van der Waals surface area (Å²) < 4.78 is 5.19. The summed E-state index contributed by atoms with van der Waals surface area (Å²) in [4.78, 5) is 28.9. The molecule has 6 heteroatoms. The number of thiazole rings is 1. The van der Waals surface area contributed by atoms with Gasteiger partial charge in [-0.2, -0.15) is 0 Å². The summed E-state index contributed by atoms with van der Waals surface area (Å²) in [6, 6.07) is 14.5. The van der Waals surface area contributed by atoms with Crippen LogP contribution >= 0.6 is 11.3 Å². The average Bonchev–Trinajstić information content (AvgIpc) is 3.13. The first-order valence-corrected chi connectivity index (χ1v) is 9.43. The van der Waals surface area contributed by atoms with E-state index in [0.717, 1.165) is 16.3 Å². The Balaban J connectivity index is 1.55. The summed E-state index contributed by atoms with van der Waals surface area (Å²) in [5.74, 6) is 0.211. The number of carbonyl (C=O) groups excluding carboxylic acids is 2. The number of aromatic nitrogens is 1. The second-order valence-electron chi connectivity index (χ2n) is 6.00. The zero-order chi connectivity index (χ0) is 19.2. The standard InChI is InChI=1S/C21H20N2O3S/c1-14-22-18(13-27-14)15-7-9-16(10-8-15)23-21(25)12-11-19(24)17-5-3-4-6-20(17)26-2/h3-10,13H,11-12H2,1-2H3,(H,23,25). The minimum Gasteiger partial charge on any atom is -0.496 e. The summed E-state index contributed by atoms with van der Waals surface area (Å²) in [5.41, 5.74) is 3.12. The van der Waals surface area contributed by atoms with Crippen LogP contribution in [0.3, 0.4) is 0 Å². The highest BCUT2D eigenvalue weighted by atomic mass is 32.1. The smallest absolute Gasteiger partial charge is 0.224 e. The predicted octanol–water partition coefficient (Wildman–Crippen LogP) is 4.73. The van der Waals surface area contributed by atoms with Crippen LogP contribution in [0.5, 0.6) is 5.75 Å². The van der Waals surface area contributed by atoms with Crippen LogP contribution in [0.15, 0.2) is 53.9 Å². The van der Waals surface area contributed by atoms with E-state index in [-0.39, 0.29) is 24.5 Å². The maximum Gasteiger partial charge on any atom is 0.224 e. The van der Waals surface area contributed by atoms with Gasteiger partial charge in [0.15, 0.2) is 5.78 Å². The van der Waals surface area contributed by atoms with Gasteiger partial charge in [0.2, 0.25) is 5.91 Å². The van der Waals surface area contributed by atoms with Gasteiger partial charge in [0, 0.05) is 29.5 Å². The van der Waals surface area contributed by atoms with E-state index in [0.29, 0.717) is 17.0 Å². The number of para-hydroxylation sites is 1. The molecule has 2 aromatic carbocycles. The average molecular weight is 380 g/mol. The van der Waals surface area contributed by atoms with Gasteiger partial charge < -0.3 is 10.1 Å². The number of benzene rings is 2. The van der Waals surface area contributed by atoms with Crippen molar-refractivity contribution < 1.29 is 14.3 Å². The van der Waals surface area contributed by atoms with E-state index >= 15 is 0 Å². The molecule has 0 spiro atoms. The van der Waals surface area contributed by atoms with Gasteiger partial charge >= 0.3 is 0 Å². The van der Waals surface area contributed by atoms with Gasteiger partial charge in [0.05, 0.1) is 23.4 Å². The van der Waals surface area contributed by atoms with Crippen LogP contribution in [0.1, 0.15) is 28.2 Å². The second-order valence-corrected chi connectivity index (χ2v) is 7.06. The van der Waals surface area contributed by atoms with Crippen LogP contribution in [0.4, 0.5) is 5.69 Å². The lowest BCUT2D eigenvalue weighted by Gasteiger charge is -2.08. The lowest BCUT2D eigenvalue weighted by atomic mass is 10.1.